The van der Waals surface area contributed by atoms with Gasteiger partial charge in [-0.15, -0.1) is 11.3 Å². The molecule has 1 aliphatic carbocycles. The van der Waals surface area contributed by atoms with Crippen LogP contribution in [0.15, 0.2) is 11.6 Å². The van der Waals surface area contributed by atoms with E-state index in [0.29, 0.717) is 18.2 Å². The molecule has 5 heteroatoms. The summed E-state index contributed by atoms with van der Waals surface area (Å²) in [6.45, 7) is 3.13. The van der Waals surface area contributed by atoms with Crippen molar-refractivity contribution in [2.24, 2.45) is 5.92 Å². The van der Waals surface area contributed by atoms with Gasteiger partial charge in [-0.1, -0.05) is 0 Å². The number of hydrogen-bond acceptors (Lipinski definition) is 4. The topological polar surface area (TPSA) is 44.1 Å². The van der Waals surface area contributed by atoms with Gasteiger partial charge in [-0.3, -0.25) is 0 Å². The van der Waals surface area contributed by atoms with Crippen molar-refractivity contribution in [1.82, 2.24) is 9.55 Å². The van der Waals surface area contributed by atoms with Gasteiger partial charge in [0.25, 0.3) is 0 Å². The van der Waals surface area contributed by atoms with Crippen molar-refractivity contribution in [3.8, 4) is 0 Å². The Morgan fingerprint density at radius 1 is 1.65 bits per heavy atom. The molecule has 0 aliphatic heterocycles. The predicted octanol–water partition coefficient (Wildman–Crippen LogP) is 2.68. The number of carbonyl (C=O) groups is 1. The second-order valence-corrected chi connectivity index (χ2v) is 5.23. The Morgan fingerprint density at radius 3 is 3.18 bits per heavy atom. The highest BCUT2D eigenvalue weighted by Crippen LogP contribution is 2.33. The molecular formula is C12H14N2O2S. The van der Waals surface area contributed by atoms with E-state index >= 15 is 0 Å². The van der Waals surface area contributed by atoms with E-state index in [2.05, 4.69) is 4.98 Å². The van der Waals surface area contributed by atoms with E-state index in [4.69, 9.17) is 4.74 Å². The third kappa shape index (κ3) is 1.95. The van der Waals surface area contributed by atoms with E-state index in [0.717, 1.165) is 16.9 Å². The van der Waals surface area contributed by atoms with Gasteiger partial charge in [-0.25, -0.2) is 9.78 Å². The molecule has 17 heavy (non-hydrogen) atoms. The number of carbonyl (C=O) groups excluding carboxylic acids is 1. The summed E-state index contributed by atoms with van der Waals surface area (Å²) in [6, 6.07) is 1.90. The van der Waals surface area contributed by atoms with Crippen LogP contribution in [0.4, 0.5) is 0 Å². The van der Waals surface area contributed by atoms with Crippen molar-refractivity contribution >= 4 is 27.7 Å². The van der Waals surface area contributed by atoms with Crippen molar-refractivity contribution in [3.63, 3.8) is 0 Å². The fourth-order valence-electron chi connectivity index (χ4n) is 1.98. The smallest absolute Gasteiger partial charge is 0.355 e. The number of rotatable bonds is 4. The van der Waals surface area contributed by atoms with Crippen molar-refractivity contribution < 1.29 is 9.53 Å². The standard InChI is InChI=1S/C12H14N2O2S/c1-2-16-12(15)9-5-10-11(13-7-17-10)14(9)6-8-3-4-8/h5,7-8H,2-4,6H2,1H3. The van der Waals surface area contributed by atoms with E-state index in [1.165, 1.54) is 12.8 Å². The number of thiazole rings is 1. The maximum atomic E-state index is 11.9. The number of fused-ring (bicyclic) bond motifs is 1. The van der Waals surface area contributed by atoms with Crippen molar-refractivity contribution in [1.29, 1.82) is 0 Å². The largest absolute Gasteiger partial charge is 0.461 e. The van der Waals surface area contributed by atoms with Crippen LogP contribution in [0.2, 0.25) is 0 Å². The lowest BCUT2D eigenvalue weighted by atomic mass is 10.4. The predicted molar refractivity (Wildman–Crippen MR) is 66.3 cm³/mol. The van der Waals surface area contributed by atoms with Crippen LogP contribution in [-0.4, -0.2) is 22.1 Å². The van der Waals surface area contributed by atoms with Gasteiger partial charge in [0, 0.05) is 6.54 Å². The molecule has 3 rings (SSSR count). The van der Waals surface area contributed by atoms with Gasteiger partial charge >= 0.3 is 5.97 Å². The molecule has 0 saturated heterocycles. The number of esters is 1. The summed E-state index contributed by atoms with van der Waals surface area (Å²) in [6.07, 6.45) is 2.51. The van der Waals surface area contributed by atoms with Crippen LogP contribution in [0, 0.1) is 5.92 Å². The fraction of sp³-hybridized carbons (Fsp3) is 0.500. The Bertz CT molecular complexity index is 554. The Kier molecular flexibility index (Phi) is 2.63. The highest BCUT2D eigenvalue weighted by atomic mass is 32.1. The number of nitrogens with zero attached hydrogens (tertiary/aromatic N) is 2. The summed E-state index contributed by atoms with van der Waals surface area (Å²) in [7, 11) is 0. The third-order valence-corrected chi connectivity index (χ3v) is 3.78. The van der Waals surface area contributed by atoms with E-state index in [1.54, 1.807) is 11.3 Å². The lowest BCUT2D eigenvalue weighted by Gasteiger charge is -2.07. The maximum Gasteiger partial charge on any atom is 0.355 e. The third-order valence-electron chi connectivity index (χ3n) is 3.01. The summed E-state index contributed by atoms with van der Waals surface area (Å²) in [5, 5.41) is 0. The minimum atomic E-state index is -0.238. The Labute approximate surface area is 103 Å². The molecule has 0 N–H and O–H groups in total. The molecule has 0 aromatic carbocycles. The first-order chi connectivity index (χ1) is 8.29. The minimum absolute atomic E-state index is 0.238. The lowest BCUT2D eigenvalue weighted by Crippen LogP contribution is -2.13. The van der Waals surface area contributed by atoms with Crippen LogP contribution in [-0.2, 0) is 11.3 Å². The lowest BCUT2D eigenvalue weighted by molar-refractivity contribution is 0.0514. The molecule has 0 radical (unpaired) electrons. The van der Waals surface area contributed by atoms with Gasteiger partial charge in [0.05, 0.1) is 16.8 Å². The van der Waals surface area contributed by atoms with Gasteiger partial charge in [-0.05, 0) is 31.7 Å². The summed E-state index contributed by atoms with van der Waals surface area (Å²) >= 11 is 1.57. The van der Waals surface area contributed by atoms with Crippen molar-refractivity contribution in [2.75, 3.05) is 6.61 Å². The van der Waals surface area contributed by atoms with Crippen molar-refractivity contribution in [2.45, 2.75) is 26.3 Å². The molecule has 1 aliphatic rings. The molecule has 1 saturated carbocycles. The molecule has 1 fully saturated rings. The van der Waals surface area contributed by atoms with E-state index in [9.17, 15) is 4.79 Å². The molecule has 2 heterocycles. The van der Waals surface area contributed by atoms with E-state index < -0.39 is 0 Å². The quantitative estimate of drug-likeness (QED) is 0.784. The van der Waals surface area contributed by atoms with E-state index in [-0.39, 0.29) is 5.97 Å². The van der Waals surface area contributed by atoms with Crippen LogP contribution in [0.1, 0.15) is 30.3 Å². The highest BCUT2D eigenvalue weighted by Gasteiger charge is 2.26. The molecule has 2 aromatic heterocycles. The van der Waals surface area contributed by atoms with Crippen LogP contribution < -0.4 is 0 Å². The first-order valence-corrected chi connectivity index (χ1v) is 6.77. The molecule has 2 aromatic rings. The van der Waals surface area contributed by atoms with Gasteiger partial charge in [-0.2, -0.15) is 0 Å². The van der Waals surface area contributed by atoms with E-state index in [1.807, 2.05) is 23.1 Å². The van der Waals surface area contributed by atoms with Gasteiger partial charge < -0.3 is 9.30 Å². The second-order valence-electron chi connectivity index (χ2n) is 4.34. The zero-order valence-corrected chi connectivity index (χ0v) is 10.5. The fourth-order valence-corrected chi connectivity index (χ4v) is 2.70. The monoisotopic (exact) mass is 250 g/mol. The van der Waals surface area contributed by atoms with Gasteiger partial charge in [0.1, 0.15) is 5.69 Å². The first-order valence-electron chi connectivity index (χ1n) is 5.89. The summed E-state index contributed by atoms with van der Waals surface area (Å²) < 4.78 is 8.17. The first kappa shape index (κ1) is 10.8. The zero-order chi connectivity index (χ0) is 11.8. The minimum Gasteiger partial charge on any atom is -0.461 e. The Morgan fingerprint density at radius 2 is 2.47 bits per heavy atom. The number of hydrogen-bond donors (Lipinski definition) is 0. The molecule has 0 spiro atoms. The molecule has 0 bridgehead atoms. The molecule has 90 valence electrons. The van der Waals surface area contributed by atoms with Crippen LogP contribution in [0.5, 0.6) is 0 Å². The summed E-state index contributed by atoms with van der Waals surface area (Å²) in [5.41, 5.74) is 3.39. The van der Waals surface area contributed by atoms with Crippen LogP contribution >= 0.6 is 11.3 Å². The molecular weight excluding hydrogens is 236 g/mol. The SMILES string of the molecule is CCOC(=O)c1cc2scnc2n1CC1CC1. The maximum absolute atomic E-state index is 11.9. The molecule has 0 unspecified atom stereocenters. The summed E-state index contributed by atoms with van der Waals surface area (Å²) in [5.74, 6) is 0.471. The normalized spacial score (nSPS) is 15.4. The summed E-state index contributed by atoms with van der Waals surface area (Å²) in [4.78, 5) is 16.2. The number of aromatic nitrogens is 2. The number of ether oxygens (including phenoxy) is 1. The molecule has 0 atom stereocenters. The second kappa shape index (κ2) is 4.14. The van der Waals surface area contributed by atoms with Gasteiger partial charge in [0.2, 0.25) is 0 Å². The van der Waals surface area contributed by atoms with Crippen LogP contribution in [0.25, 0.3) is 10.3 Å². The highest BCUT2D eigenvalue weighted by molar-refractivity contribution is 7.16. The molecule has 4 nitrogen and oxygen atoms in total. The average molecular weight is 250 g/mol. The average Bonchev–Trinajstić information content (AvgIpc) is 2.88. The van der Waals surface area contributed by atoms with Crippen molar-refractivity contribution in [3.05, 3.63) is 17.3 Å². The van der Waals surface area contributed by atoms with Crippen LogP contribution in [0.3, 0.4) is 0 Å². The molecule has 0 amide bonds. The zero-order valence-electron chi connectivity index (χ0n) is 9.68. The van der Waals surface area contributed by atoms with Gasteiger partial charge in [0.15, 0.2) is 5.65 Å². The Balaban J connectivity index is 2.01. The Hall–Kier alpha value is -1.36.